The summed E-state index contributed by atoms with van der Waals surface area (Å²) >= 11 is 0. The van der Waals surface area contributed by atoms with E-state index in [4.69, 9.17) is 4.98 Å². The Balaban J connectivity index is 1.79. The highest BCUT2D eigenvalue weighted by Crippen LogP contribution is 2.38. The van der Waals surface area contributed by atoms with E-state index in [9.17, 15) is 0 Å². The fourth-order valence-electron chi connectivity index (χ4n) is 2.15. The van der Waals surface area contributed by atoms with Gasteiger partial charge >= 0.3 is 0 Å². The molecule has 0 unspecified atom stereocenters. The molecule has 1 aromatic rings. The van der Waals surface area contributed by atoms with Crippen LogP contribution in [0.1, 0.15) is 68.4 Å². The maximum Gasteiger partial charge on any atom is 0.131 e. The Hall–Kier alpha value is -0.960. The molecule has 0 spiro atoms. The molecule has 3 rings (SSSR count). The number of hydrogen-bond donors (Lipinski definition) is 1. The molecular weight excluding hydrogens is 210 g/mol. The minimum atomic E-state index is 0.492. The molecule has 0 amide bonds. The van der Waals surface area contributed by atoms with E-state index in [0.29, 0.717) is 11.8 Å². The normalized spacial score (nSPS) is 19.9. The lowest BCUT2D eigenvalue weighted by molar-refractivity contribution is 0.659. The first-order valence-corrected chi connectivity index (χ1v) is 6.83. The summed E-state index contributed by atoms with van der Waals surface area (Å²) in [5.41, 5.74) is 2.53. The molecule has 2 aliphatic carbocycles. The lowest BCUT2D eigenvalue weighted by atomic mass is 10.0. The number of hydrogen-bond acceptors (Lipinski definition) is 3. The molecule has 92 valence electrons. The summed E-state index contributed by atoms with van der Waals surface area (Å²) < 4.78 is 0. The van der Waals surface area contributed by atoms with Crippen molar-refractivity contribution in [3.8, 4) is 0 Å². The van der Waals surface area contributed by atoms with Crippen LogP contribution in [0.4, 0.5) is 0 Å². The fraction of sp³-hybridized carbons (Fsp3) is 0.714. The third kappa shape index (κ3) is 2.65. The van der Waals surface area contributed by atoms with E-state index in [0.717, 1.165) is 18.4 Å². The summed E-state index contributed by atoms with van der Waals surface area (Å²) in [7, 11) is 0. The van der Waals surface area contributed by atoms with Crippen molar-refractivity contribution >= 4 is 0 Å². The third-order valence-electron chi connectivity index (χ3n) is 3.56. The Morgan fingerprint density at radius 2 is 2.06 bits per heavy atom. The zero-order valence-electron chi connectivity index (χ0n) is 10.7. The highest BCUT2D eigenvalue weighted by Gasteiger charge is 2.28. The van der Waals surface area contributed by atoms with E-state index in [-0.39, 0.29) is 0 Å². The summed E-state index contributed by atoms with van der Waals surface area (Å²) in [5, 5.41) is 3.55. The second-order valence-electron chi connectivity index (χ2n) is 5.72. The highest BCUT2D eigenvalue weighted by molar-refractivity contribution is 5.23. The van der Waals surface area contributed by atoms with Crippen LogP contribution >= 0.6 is 0 Å². The van der Waals surface area contributed by atoms with Crippen LogP contribution in [0.5, 0.6) is 0 Å². The summed E-state index contributed by atoms with van der Waals surface area (Å²) in [6.07, 6.45) is 7.26. The van der Waals surface area contributed by atoms with Crippen LogP contribution in [0.25, 0.3) is 0 Å². The molecule has 17 heavy (non-hydrogen) atoms. The van der Waals surface area contributed by atoms with Crippen molar-refractivity contribution in [1.29, 1.82) is 0 Å². The fourth-order valence-corrected chi connectivity index (χ4v) is 2.15. The van der Waals surface area contributed by atoms with Crippen molar-refractivity contribution in [2.75, 3.05) is 0 Å². The SMILES string of the molecule is CC(C)c1nc(C2CC2)ncc1CNC1CC1. The second kappa shape index (κ2) is 4.37. The first-order chi connectivity index (χ1) is 8.24. The first kappa shape index (κ1) is 11.1. The van der Waals surface area contributed by atoms with Gasteiger partial charge < -0.3 is 5.32 Å². The topological polar surface area (TPSA) is 37.8 Å². The summed E-state index contributed by atoms with van der Waals surface area (Å²) in [5.74, 6) is 2.22. The predicted molar refractivity (Wildman–Crippen MR) is 68.0 cm³/mol. The van der Waals surface area contributed by atoms with Crippen LogP contribution in [-0.4, -0.2) is 16.0 Å². The van der Waals surface area contributed by atoms with E-state index in [2.05, 4.69) is 24.1 Å². The lowest BCUT2D eigenvalue weighted by Crippen LogP contribution is -2.18. The van der Waals surface area contributed by atoms with Crippen molar-refractivity contribution < 1.29 is 0 Å². The molecule has 3 nitrogen and oxygen atoms in total. The Bertz CT molecular complexity index is 406. The largest absolute Gasteiger partial charge is 0.310 e. The molecule has 1 heterocycles. The molecule has 0 radical (unpaired) electrons. The van der Waals surface area contributed by atoms with Gasteiger partial charge in [0.15, 0.2) is 0 Å². The van der Waals surface area contributed by atoms with Gasteiger partial charge in [-0.2, -0.15) is 0 Å². The molecule has 2 fully saturated rings. The van der Waals surface area contributed by atoms with E-state index < -0.39 is 0 Å². The smallest absolute Gasteiger partial charge is 0.131 e. The third-order valence-corrected chi connectivity index (χ3v) is 3.56. The molecule has 0 atom stereocenters. The molecule has 2 saturated carbocycles. The van der Waals surface area contributed by atoms with Crippen molar-refractivity contribution in [2.45, 2.75) is 64.0 Å². The molecule has 0 bridgehead atoms. The van der Waals surface area contributed by atoms with Gasteiger partial charge in [-0.25, -0.2) is 9.97 Å². The Kier molecular flexibility index (Phi) is 2.87. The van der Waals surface area contributed by atoms with Crippen molar-refractivity contribution in [3.63, 3.8) is 0 Å². The maximum atomic E-state index is 4.78. The Morgan fingerprint density at radius 1 is 1.29 bits per heavy atom. The van der Waals surface area contributed by atoms with Crippen LogP contribution in [0, 0.1) is 0 Å². The zero-order valence-corrected chi connectivity index (χ0v) is 10.7. The lowest BCUT2D eigenvalue weighted by Gasteiger charge is -2.13. The van der Waals surface area contributed by atoms with Crippen molar-refractivity contribution in [2.24, 2.45) is 0 Å². The average molecular weight is 231 g/mol. The molecule has 1 N–H and O–H groups in total. The number of aromatic nitrogens is 2. The van der Waals surface area contributed by atoms with Crippen LogP contribution in [0.3, 0.4) is 0 Å². The van der Waals surface area contributed by atoms with E-state index in [1.165, 1.54) is 36.9 Å². The van der Waals surface area contributed by atoms with E-state index in [1.54, 1.807) is 0 Å². The molecule has 1 aromatic heterocycles. The van der Waals surface area contributed by atoms with Gasteiger partial charge in [0.2, 0.25) is 0 Å². The summed E-state index contributed by atoms with van der Waals surface area (Å²) in [6, 6.07) is 0.748. The molecule has 0 aliphatic heterocycles. The van der Waals surface area contributed by atoms with Gasteiger partial charge in [-0.15, -0.1) is 0 Å². The summed E-state index contributed by atoms with van der Waals surface area (Å²) in [6.45, 7) is 5.38. The quantitative estimate of drug-likeness (QED) is 0.846. The molecule has 3 heteroatoms. The van der Waals surface area contributed by atoms with Gasteiger partial charge in [-0.05, 0) is 31.6 Å². The zero-order chi connectivity index (χ0) is 11.8. The number of rotatable bonds is 5. The number of nitrogens with zero attached hydrogens (tertiary/aromatic N) is 2. The minimum absolute atomic E-state index is 0.492. The molecule has 2 aliphatic rings. The number of nitrogens with one attached hydrogen (secondary N) is 1. The maximum absolute atomic E-state index is 4.78. The molecule has 0 saturated heterocycles. The van der Waals surface area contributed by atoms with Crippen molar-refractivity contribution in [3.05, 3.63) is 23.3 Å². The van der Waals surface area contributed by atoms with Gasteiger partial charge in [0.05, 0.1) is 5.69 Å². The second-order valence-corrected chi connectivity index (χ2v) is 5.72. The van der Waals surface area contributed by atoms with Gasteiger partial charge in [0, 0.05) is 30.3 Å². The highest BCUT2D eigenvalue weighted by atomic mass is 15.0. The van der Waals surface area contributed by atoms with Crippen LogP contribution in [0.15, 0.2) is 6.20 Å². The van der Waals surface area contributed by atoms with Gasteiger partial charge in [0.1, 0.15) is 5.82 Å². The van der Waals surface area contributed by atoms with Gasteiger partial charge in [-0.1, -0.05) is 13.8 Å². The summed E-state index contributed by atoms with van der Waals surface area (Å²) in [4.78, 5) is 9.31. The van der Waals surface area contributed by atoms with Crippen molar-refractivity contribution in [1.82, 2.24) is 15.3 Å². The van der Waals surface area contributed by atoms with E-state index in [1.807, 2.05) is 6.20 Å². The average Bonchev–Trinajstić information content (AvgIpc) is 3.16. The predicted octanol–water partition coefficient (Wildman–Crippen LogP) is 2.73. The van der Waals surface area contributed by atoms with E-state index >= 15 is 0 Å². The monoisotopic (exact) mass is 231 g/mol. The molecule has 0 aromatic carbocycles. The van der Waals surface area contributed by atoms with Crippen LogP contribution in [0.2, 0.25) is 0 Å². The minimum Gasteiger partial charge on any atom is -0.310 e. The standard InChI is InChI=1S/C14H21N3/c1-9(2)13-11(7-15-12-5-6-12)8-16-14(17-13)10-3-4-10/h8-10,12,15H,3-7H2,1-2H3. The first-order valence-electron chi connectivity index (χ1n) is 6.83. The Morgan fingerprint density at radius 3 is 2.65 bits per heavy atom. The van der Waals surface area contributed by atoms with Crippen LogP contribution in [-0.2, 0) is 6.54 Å². The van der Waals surface area contributed by atoms with Gasteiger partial charge in [-0.3, -0.25) is 0 Å². The Labute approximate surface area is 103 Å². The van der Waals surface area contributed by atoms with Gasteiger partial charge in [0.25, 0.3) is 0 Å². The van der Waals surface area contributed by atoms with Crippen LogP contribution < -0.4 is 5.32 Å². The molecular formula is C14H21N3.